The van der Waals surface area contributed by atoms with E-state index in [1.807, 2.05) is 0 Å². The van der Waals surface area contributed by atoms with E-state index in [9.17, 15) is 0 Å². The fourth-order valence-corrected chi connectivity index (χ4v) is 0. The molecule has 0 atom stereocenters. The summed E-state index contributed by atoms with van der Waals surface area (Å²) in [6.45, 7) is 4.40. The fourth-order valence-electron chi connectivity index (χ4n) is 0. The molecule has 0 unspecified atom stereocenters. The molecule has 0 aliphatic heterocycles. The van der Waals surface area contributed by atoms with E-state index in [-0.39, 0.29) is 1.43 Å². The molecule has 0 bridgehead atoms. The number of hydrogen-bond donors (Lipinski definition) is 0. The number of rotatable bonds is 1. The fraction of sp³-hybridized carbons (Fsp3) is 1.00. The van der Waals surface area contributed by atoms with Crippen LogP contribution in [-0.2, 0) is 0 Å². The average Bonchev–Trinajstić information content (AvgIpc) is 1.38. The van der Waals surface area contributed by atoms with Gasteiger partial charge >= 0.3 is 41.3 Å². The van der Waals surface area contributed by atoms with Crippen LogP contribution in [0.1, 0.15) is 15.3 Å². The molecule has 0 spiro atoms. The predicted molar refractivity (Wildman–Crippen MR) is 26.5 cm³/mol. The Kier molecular flexibility index (Phi) is 3.05. The van der Waals surface area contributed by atoms with Gasteiger partial charge < -0.3 is 1.43 Å². The van der Waals surface area contributed by atoms with Crippen LogP contribution in [-0.4, -0.2) is 16.3 Å². The number of hydrogen-bond acceptors (Lipinski definition) is 0. The summed E-state index contributed by atoms with van der Waals surface area (Å²) in [6, 6.07) is 0. The molecule has 0 saturated carbocycles. The molecular formula is C4H10Al. The van der Waals surface area contributed by atoms with Crippen molar-refractivity contribution in [1.82, 2.24) is 0 Å². The van der Waals surface area contributed by atoms with Crippen LogP contribution in [0.3, 0.4) is 0 Å². The first-order chi connectivity index (χ1) is 2.27. The third-order valence-corrected chi connectivity index (χ3v) is 1.41. The monoisotopic (exact) mass is 85.1 g/mol. The quantitative estimate of drug-likeness (QED) is 0.421. The summed E-state index contributed by atoms with van der Waals surface area (Å²) in [6.07, 6.45) is 0. The van der Waals surface area contributed by atoms with Gasteiger partial charge in [0.15, 0.2) is 0 Å². The maximum atomic E-state index is 2.69. The summed E-state index contributed by atoms with van der Waals surface area (Å²) in [7, 11) is 0. The Hall–Kier alpha value is 0.532. The topological polar surface area (TPSA) is 0 Å². The van der Waals surface area contributed by atoms with Crippen molar-refractivity contribution < 1.29 is 1.43 Å². The Labute approximate surface area is 43.5 Å². The maximum absolute atomic E-state index is 2.69. The van der Waals surface area contributed by atoms with Gasteiger partial charge in [0.25, 0.3) is 0 Å². The standard InChI is InChI=1S/C4H9.Al.H/c1-4(2)3;;/h4H,1H2,2-3H3;;/q;+1;-1. The third kappa shape index (κ3) is 4.53. The average molecular weight is 85.1 g/mol. The van der Waals surface area contributed by atoms with Gasteiger partial charge in [-0.25, -0.2) is 0 Å². The minimum absolute atomic E-state index is 0. The molecule has 5 heavy (non-hydrogen) atoms. The zero-order valence-corrected chi connectivity index (χ0v) is 5.02. The molecule has 0 aliphatic rings. The van der Waals surface area contributed by atoms with Crippen LogP contribution in [0.25, 0.3) is 0 Å². The molecule has 1 radical (unpaired) electrons. The van der Waals surface area contributed by atoms with E-state index in [2.05, 4.69) is 30.1 Å². The second-order valence-corrected chi connectivity index (χ2v) is 2.10. The van der Waals surface area contributed by atoms with Gasteiger partial charge in [-0.3, -0.25) is 0 Å². The zero-order valence-electron chi connectivity index (χ0n) is 4.86. The van der Waals surface area contributed by atoms with Crippen molar-refractivity contribution in [2.24, 2.45) is 5.92 Å². The Morgan fingerprint density at radius 3 is 2.00 bits per heavy atom. The first-order valence-corrected chi connectivity index (χ1v) is 2.79. The molecule has 0 fully saturated rings. The summed E-state index contributed by atoms with van der Waals surface area (Å²) >= 11 is 2.69. The normalized spacial score (nSPS) is 9.20. The van der Waals surface area contributed by atoms with Crippen molar-refractivity contribution in [3.8, 4) is 0 Å². The summed E-state index contributed by atoms with van der Waals surface area (Å²) in [5.41, 5.74) is 0. The van der Waals surface area contributed by atoms with Gasteiger partial charge in [-0.2, -0.15) is 0 Å². The molecular weight excluding hydrogens is 75.0 g/mol. The summed E-state index contributed by atoms with van der Waals surface area (Å²) < 4.78 is 0. The van der Waals surface area contributed by atoms with Crippen molar-refractivity contribution in [2.45, 2.75) is 19.1 Å². The van der Waals surface area contributed by atoms with Gasteiger partial charge in [-0.15, -0.1) is 0 Å². The minimum Gasteiger partial charge on any atom is -1.00 e. The van der Waals surface area contributed by atoms with Crippen molar-refractivity contribution in [1.29, 1.82) is 0 Å². The molecule has 1 heteroatoms. The Morgan fingerprint density at radius 2 is 2.00 bits per heavy atom. The summed E-state index contributed by atoms with van der Waals surface area (Å²) in [5, 5.41) is 1.22. The third-order valence-electron chi connectivity index (χ3n) is 0.471. The molecule has 0 rings (SSSR count). The summed E-state index contributed by atoms with van der Waals surface area (Å²) in [5.74, 6) is 0.847. The largest absolute Gasteiger partial charge is 1.00 e. The van der Waals surface area contributed by atoms with E-state index in [0.717, 1.165) is 5.92 Å². The van der Waals surface area contributed by atoms with E-state index in [4.69, 9.17) is 0 Å². The minimum atomic E-state index is 0. The maximum Gasteiger partial charge on any atom is -1.00 e. The van der Waals surface area contributed by atoms with Gasteiger partial charge in [-0.05, 0) is 0 Å². The first-order valence-electron chi connectivity index (χ1n) is 1.97. The van der Waals surface area contributed by atoms with Crippen LogP contribution < -0.4 is 0 Å². The second-order valence-electron chi connectivity index (χ2n) is 1.63. The van der Waals surface area contributed by atoms with Gasteiger partial charge in [0.2, 0.25) is 0 Å². The van der Waals surface area contributed by atoms with Crippen LogP contribution in [0.2, 0.25) is 5.28 Å². The smallest absolute Gasteiger partial charge is 1.00 e. The van der Waals surface area contributed by atoms with Gasteiger partial charge in [0.05, 0.1) is 0 Å². The van der Waals surface area contributed by atoms with E-state index in [1.165, 1.54) is 5.28 Å². The van der Waals surface area contributed by atoms with Crippen LogP contribution in [0.4, 0.5) is 0 Å². The van der Waals surface area contributed by atoms with Gasteiger partial charge in [0.1, 0.15) is 0 Å². The SMILES string of the molecule is CC(C)[CH2][Al+].[H-]. The van der Waals surface area contributed by atoms with Crippen molar-refractivity contribution >= 4 is 16.3 Å². The van der Waals surface area contributed by atoms with Crippen molar-refractivity contribution in [3.05, 3.63) is 0 Å². The van der Waals surface area contributed by atoms with Crippen LogP contribution in [0.15, 0.2) is 0 Å². The van der Waals surface area contributed by atoms with E-state index >= 15 is 0 Å². The molecule has 0 aromatic heterocycles. The van der Waals surface area contributed by atoms with Crippen LogP contribution >= 0.6 is 0 Å². The van der Waals surface area contributed by atoms with Crippen LogP contribution in [0.5, 0.6) is 0 Å². The summed E-state index contributed by atoms with van der Waals surface area (Å²) in [4.78, 5) is 0. The zero-order chi connectivity index (χ0) is 4.28. The first kappa shape index (κ1) is 5.53. The van der Waals surface area contributed by atoms with E-state index < -0.39 is 0 Å². The molecule has 0 nitrogen and oxygen atoms in total. The Balaban J connectivity index is 0. The predicted octanol–water partition coefficient (Wildman–Crippen LogP) is 1.34. The van der Waals surface area contributed by atoms with Crippen LogP contribution in [0, 0.1) is 5.92 Å². The Morgan fingerprint density at radius 1 is 1.80 bits per heavy atom. The van der Waals surface area contributed by atoms with Crippen molar-refractivity contribution in [3.63, 3.8) is 0 Å². The van der Waals surface area contributed by atoms with E-state index in [0.29, 0.717) is 0 Å². The van der Waals surface area contributed by atoms with E-state index in [1.54, 1.807) is 0 Å². The Bertz CT molecular complexity index is 21.5. The van der Waals surface area contributed by atoms with Crippen molar-refractivity contribution in [2.75, 3.05) is 0 Å². The molecule has 0 amide bonds. The molecule has 0 aromatic rings. The molecule has 29 valence electrons. The molecule has 0 N–H and O–H groups in total. The van der Waals surface area contributed by atoms with Gasteiger partial charge in [0, 0.05) is 0 Å². The molecule has 0 saturated heterocycles. The van der Waals surface area contributed by atoms with Gasteiger partial charge in [-0.1, -0.05) is 0 Å². The molecule has 0 aliphatic carbocycles. The molecule has 0 aromatic carbocycles. The molecule has 0 heterocycles. The second kappa shape index (κ2) is 2.75.